The Morgan fingerprint density at radius 2 is 2.05 bits per heavy atom. The summed E-state index contributed by atoms with van der Waals surface area (Å²) < 4.78 is 26.1. The van der Waals surface area contributed by atoms with Crippen molar-refractivity contribution >= 4 is 21.6 Å². The fourth-order valence-corrected chi connectivity index (χ4v) is 4.29. The zero-order valence-corrected chi connectivity index (χ0v) is 12.1. The SMILES string of the molecule is CC(=O)N1CCc2cc(S(=O)(=O)N3CC(N)C3)ccc21. The number of benzene rings is 1. The number of sulfonamides is 1. The zero-order chi connectivity index (χ0) is 14.5. The summed E-state index contributed by atoms with van der Waals surface area (Å²) in [5.74, 6) is -0.0203. The van der Waals surface area contributed by atoms with Crippen molar-refractivity contribution in [2.24, 2.45) is 5.73 Å². The van der Waals surface area contributed by atoms with Gasteiger partial charge in [0.05, 0.1) is 4.90 Å². The van der Waals surface area contributed by atoms with E-state index in [2.05, 4.69) is 0 Å². The summed E-state index contributed by atoms with van der Waals surface area (Å²) in [7, 11) is -3.44. The van der Waals surface area contributed by atoms with Gasteiger partial charge in [-0.2, -0.15) is 4.31 Å². The smallest absolute Gasteiger partial charge is 0.243 e. The van der Waals surface area contributed by atoms with E-state index >= 15 is 0 Å². The zero-order valence-electron chi connectivity index (χ0n) is 11.2. The summed E-state index contributed by atoms with van der Waals surface area (Å²) in [5.41, 5.74) is 7.36. The Morgan fingerprint density at radius 1 is 1.35 bits per heavy atom. The van der Waals surface area contributed by atoms with Crippen LogP contribution < -0.4 is 10.6 Å². The highest BCUT2D eigenvalue weighted by molar-refractivity contribution is 7.89. The summed E-state index contributed by atoms with van der Waals surface area (Å²) in [4.78, 5) is 13.4. The Labute approximate surface area is 118 Å². The number of nitrogens with zero attached hydrogens (tertiary/aromatic N) is 2. The summed E-state index contributed by atoms with van der Waals surface area (Å²) in [6.45, 7) is 2.88. The van der Waals surface area contributed by atoms with Gasteiger partial charge in [0.15, 0.2) is 0 Å². The lowest BCUT2D eigenvalue weighted by atomic mass is 10.2. The van der Waals surface area contributed by atoms with Crippen molar-refractivity contribution in [2.45, 2.75) is 24.3 Å². The van der Waals surface area contributed by atoms with Crippen LogP contribution in [-0.2, 0) is 21.2 Å². The Hall–Kier alpha value is -1.44. The van der Waals surface area contributed by atoms with Crippen LogP contribution in [0.3, 0.4) is 0 Å². The molecule has 1 aromatic rings. The standard InChI is InChI=1S/C13H17N3O3S/c1-9(17)16-5-4-10-6-12(2-3-13(10)16)20(18,19)15-7-11(14)8-15/h2-3,6,11H,4-5,7-8,14H2,1H3. The molecule has 0 bridgehead atoms. The predicted octanol–water partition coefficient (Wildman–Crippen LogP) is -0.0728. The van der Waals surface area contributed by atoms with Crippen molar-refractivity contribution in [3.63, 3.8) is 0 Å². The number of hydrogen-bond acceptors (Lipinski definition) is 4. The second kappa shape index (κ2) is 4.54. The number of fused-ring (bicyclic) bond motifs is 1. The highest BCUT2D eigenvalue weighted by Gasteiger charge is 2.35. The molecule has 0 unspecified atom stereocenters. The minimum absolute atomic E-state index is 0.0203. The Kier molecular flexibility index (Phi) is 3.07. The summed E-state index contributed by atoms with van der Waals surface area (Å²) >= 11 is 0. The fraction of sp³-hybridized carbons (Fsp3) is 0.462. The van der Waals surface area contributed by atoms with Crippen LogP contribution in [0.4, 0.5) is 5.69 Å². The molecule has 20 heavy (non-hydrogen) atoms. The van der Waals surface area contributed by atoms with Crippen molar-refractivity contribution in [1.82, 2.24) is 4.31 Å². The van der Waals surface area contributed by atoms with E-state index in [1.165, 1.54) is 11.2 Å². The Balaban J connectivity index is 1.92. The summed E-state index contributed by atoms with van der Waals surface area (Å²) in [6, 6.07) is 4.90. The van der Waals surface area contributed by atoms with E-state index in [1.54, 1.807) is 23.1 Å². The molecule has 2 aliphatic rings. The van der Waals surface area contributed by atoms with Gasteiger partial charge in [-0.05, 0) is 30.2 Å². The molecule has 2 heterocycles. The number of carbonyl (C=O) groups excluding carboxylic acids is 1. The first-order chi connectivity index (χ1) is 9.39. The number of rotatable bonds is 2. The van der Waals surface area contributed by atoms with Crippen LogP contribution in [0.25, 0.3) is 0 Å². The maximum Gasteiger partial charge on any atom is 0.243 e. The third-order valence-electron chi connectivity index (χ3n) is 3.84. The molecule has 2 aliphatic heterocycles. The van der Waals surface area contributed by atoms with Gasteiger partial charge in [0.1, 0.15) is 0 Å². The number of anilines is 1. The van der Waals surface area contributed by atoms with E-state index in [9.17, 15) is 13.2 Å². The maximum absolute atomic E-state index is 12.4. The summed E-state index contributed by atoms with van der Waals surface area (Å²) in [6.07, 6.45) is 0.692. The lowest BCUT2D eigenvalue weighted by Gasteiger charge is -2.35. The van der Waals surface area contributed by atoms with Crippen LogP contribution >= 0.6 is 0 Å². The van der Waals surface area contributed by atoms with Crippen molar-refractivity contribution in [3.8, 4) is 0 Å². The molecule has 0 aromatic heterocycles. The normalized spacial score (nSPS) is 19.8. The van der Waals surface area contributed by atoms with Gasteiger partial charge in [-0.15, -0.1) is 0 Å². The predicted molar refractivity (Wildman–Crippen MR) is 74.9 cm³/mol. The molecule has 1 amide bonds. The average Bonchev–Trinajstić information content (AvgIpc) is 2.77. The van der Waals surface area contributed by atoms with E-state index in [4.69, 9.17) is 5.73 Å². The first-order valence-corrected chi connectivity index (χ1v) is 8.00. The van der Waals surface area contributed by atoms with E-state index in [1.807, 2.05) is 0 Å². The molecule has 0 spiro atoms. The fourth-order valence-electron chi connectivity index (χ4n) is 2.68. The molecule has 1 saturated heterocycles. The molecular weight excluding hydrogens is 278 g/mol. The third kappa shape index (κ3) is 2.02. The summed E-state index contributed by atoms with van der Waals surface area (Å²) in [5, 5.41) is 0. The topological polar surface area (TPSA) is 83.7 Å². The molecule has 0 radical (unpaired) electrons. The minimum atomic E-state index is -3.44. The van der Waals surface area contributed by atoms with Crippen LogP contribution in [0.5, 0.6) is 0 Å². The van der Waals surface area contributed by atoms with Gasteiger partial charge >= 0.3 is 0 Å². The van der Waals surface area contributed by atoms with Crippen LogP contribution in [0, 0.1) is 0 Å². The van der Waals surface area contributed by atoms with E-state index < -0.39 is 10.0 Å². The molecular formula is C13H17N3O3S. The van der Waals surface area contributed by atoms with Gasteiger partial charge < -0.3 is 10.6 Å². The van der Waals surface area contributed by atoms with Gasteiger partial charge in [-0.1, -0.05) is 0 Å². The second-order valence-corrected chi connectivity index (χ2v) is 7.23. The Bertz CT molecular complexity index is 665. The molecule has 1 fully saturated rings. The first-order valence-electron chi connectivity index (χ1n) is 6.56. The molecule has 0 aliphatic carbocycles. The van der Waals surface area contributed by atoms with E-state index in [0.717, 1.165) is 11.3 Å². The molecule has 1 aromatic carbocycles. The van der Waals surface area contributed by atoms with Crippen molar-refractivity contribution in [3.05, 3.63) is 23.8 Å². The lowest BCUT2D eigenvalue weighted by Crippen LogP contribution is -2.57. The van der Waals surface area contributed by atoms with Gasteiger partial charge in [0.25, 0.3) is 0 Å². The highest BCUT2D eigenvalue weighted by atomic mass is 32.2. The van der Waals surface area contributed by atoms with Gasteiger partial charge in [-0.25, -0.2) is 8.42 Å². The molecule has 7 heteroatoms. The van der Waals surface area contributed by atoms with Gasteiger partial charge in [0.2, 0.25) is 15.9 Å². The minimum Gasteiger partial charge on any atom is -0.325 e. The van der Waals surface area contributed by atoms with E-state index in [0.29, 0.717) is 26.1 Å². The largest absolute Gasteiger partial charge is 0.325 e. The van der Waals surface area contributed by atoms with E-state index in [-0.39, 0.29) is 16.8 Å². The monoisotopic (exact) mass is 295 g/mol. The number of amides is 1. The molecule has 0 atom stereocenters. The third-order valence-corrected chi connectivity index (χ3v) is 5.67. The number of nitrogens with two attached hydrogens (primary N) is 1. The number of carbonyl (C=O) groups is 1. The van der Waals surface area contributed by atoms with Gasteiger partial charge in [0, 0.05) is 38.3 Å². The van der Waals surface area contributed by atoms with Gasteiger partial charge in [-0.3, -0.25) is 4.79 Å². The van der Waals surface area contributed by atoms with Crippen molar-refractivity contribution in [1.29, 1.82) is 0 Å². The molecule has 108 valence electrons. The van der Waals surface area contributed by atoms with Crippen LogP contribution in [0.1, 0.15) is 12.5 Å². The first kappa shape index (κ1) is 13.5. The van der Waals surface area contributed by atoms with Crippen molar-refractivity contribution < 1.29 is 13.2 Å². The quantitative estimate of drug-likeness (QED) is 0.827. The van der Waals surface area contributed by atoms with Crippen LogP contribution in [-0.4, -0.2) is 44.3 Å². The van der Waals surface area contributed by atoms with Crippen LogP contribution in [0.2, 0.25) is 0 Å². The molecule has 3 rings (SSSR count). The van der Waals surface area contributed by atoms with Crippen molar-refractivity contribution in [2.75, 3.05) is 24.5 Å². The molecule has 2 N–H and O–H groups in total. The highest BCUT2D eigenvalue weighted by Crippen LogP contribution is 2.31. The maximum atomic E-state index is 12.4. The van der Waals surface area contributed by atoms with Crippen LogP contribution in [0.15, 0.2) is 23.1 Å². The number of hydrogen-bond donors (Lipinski definition) is 1. The Morgan fingerprint density at radius 3 is 2.65 bits per heavy atom. The molecule has 0 saturated carbocycles. The second-order valence-electron chi connectivity index (χ2n) is 5.29. The molecule has 6 nitrogen and oxygen atoms in total. The lowest BCUT2D eigenvalue weighted by molar-refractivity contribution is -0.116. The average molecular weight is 295 g/mol.